The van der Waals surface area contributed by atoms with Crippen molar-refractivity contribution in [2.24, 2.45) is 0 Å². The van der Waals surface area contributed by atoms with Gasteiger partial charge in [0.05, 0.1) is 0 Å². The predicted octanol–water partition coefficient (Wildman–Crippen LogP) is -0.944. The summed E-state index contributed by atoms with van der Waals surface area (Å²) in [6.45, 7) is 0. The Balaban J connectivity index is 2.11. The third-order valence-electron chi connectivity index (χ3n) is 3.07. The largest absolute Gasteiger partial charge is 0.398 e. The number of fused-ring (bicyclic) bond motifs is 1. The van der Waals surface area contributed by atoms with Gasteiger partial charge in [-0.15, -0.1) is 5.10 Å². The van der Waals surface area contributed by atoms with Crippen LogP contribution in [0.25, 0.3) is 5.65 Å². The number of amides is 2. The average Bonchev–Trinajstić information content (AvgIpc) is 2.67. The fraction of sp³-hybridized carbons (Fsp3) is 0.273. The molecule has 3 heterocycles. The van der Waals surface area contributed by atoms with Crippen LogP contribution in [0.15, 0.2) is 23.1 Å². The van der Waals surface area contributed by atoms with Gasteiger partial charge in [0.15, 0.2) is 5.65 Å². The lowest BCUT2D eigenvalue weighted by molar-refractivity contribution is -0.136. The molecule has 1 aliphatic heterocycles. The van der Waals surface area contributed by atoms with Crippen LogP contribution in [0.3, 0.4) is 0 Å². The normalized spacial score (nSPS) is 19.7. The topological polar surface area (TPSA) is 111 Å². The summed E-state index contributed by atoms with van der Waals surface area (Å²) in [5.74, 6) is -0.836. The molecule has 1 fully saturated rings. The number of nitrogen functional groups attached to an aromatic ring is 1. The van der Waals surface area contributed by atoms with Gasteiger partial charge in [-0.1, -0.05) is 0 Å². The first kappa shape index (κ1) is 11.5. The molecule has 3 N–H and O–H groups in total. The van der Waals surface area contributed by atoms with Gasteiger partial charge in [0, 0.05) is 18.3 Å². The second-order valence-electron chi connectivity index (χ2n) is 4.38. The molecular weight excluding hydrogens is 250 g/mol. The number of hydrogen-bond donors (Lipinski definition) is 2. The van der Waals surface area contributed by atoms with Crippen LogP contribution >= 0.6 is 0 Å². The summed E-state index contributed by atoms with van der Waals surface area (Å²) in [4.78, 5) is 35.0. The van der Waals surface area contributed by atoms with E-state index < -0.39 is 17.6 Å². The molecule has 0 spiro atoms. The van der Waals surface area contributed by atoms with Crippen molar-refractivity contribution in [3.05, 3.63) is 28.8 Å². The minimum Gasteiger partial charge on any atom is -0.398 e. The van der Waals surface area contributed by atoms with Gasteiger partial charge in [-0.05, 0) is 18.6 Å². The molecular formula is C11H11N5O3. The van der Waals surface area contributed by atoms with Crippen molar-refractivity contribution in [1.82, 2.24) is 19.5 Å². The molecule has 0 saturated carbocycles. The van der Waals surface area contributed by atoms with E-state index in [9.17, 15) is 14.4 Å². The fourth-order valence-corrected chi connectivity index (χ4v) is 2.13. The minimum absolute atomic E-state index is 0.193. The van der Waals surface area contributed by atoms with Crippen LogP contribution in [-0.2, 0) is 9.59 Å². The van der Waals surface area contributed by atoms with Crippen molar-refractivity contribution in [2.45, 2.75) is 18.9 Å². The van der Waals surface area contributed by atoms with Crippen LogP contribution in [0, 0.1) is 0 Å². The van der Waals surface area contributed by atoms with E-state index in [1.807, 2.05) is 0 Å². The maximum Gasteiger partial charge on any atom is 0.351 e. The quantitative estimate of drug-likeness (QED) is 0.643. The molecule has 0 radical (unpaired) electrons. The number of piperidine rings is 1. The molecule has 19 heavy (non-hydrogen) atoms. The Bertz CT molecular complexity index is 744. The van der Waals surface area contributed by atoms with Gasteiger partial charge < -0.3 is 5.73 Å². The van der Waals surface area contributed by atoms with Gasteiger partial charge in [0.25, 0.3) is 5.91 Å². The maximum atomic E-state index is 12.1. The lowest BCUT2D eigenvalue weighted by atomic mass is 10.1. The first-order valence-electron chi connectivity index (χ1n) is 5.76. The Morgan fingerprint density at radius 3 is 2.84 bits per heavy atom. The number of anilines is 1. The van der Waals surface area contributed by atoms with E-state index in [-0.39, 0.29) is 18.7 Å². The number of imide groups is 1. The maximum absolute atomic E-state index is 12.1. The van der Waals surface area contributed by atoms with Crippen LogP contribution in [0.4, 0.5) is 5.69 Å². The van der Waals surface area contributed by atoms with Gasteiger partial charge >= 0.3 is 5.69 Å². The molecule has 0 aromatic carbocycles. The number of carbonyl (C=O) groups excluding carboxylic acids is 2. The number of hydrogen-bond acceptors (Lipinski definition) is 5. The van der Waals surface area contributed by atoms with Gasteiger partial charge in [-0.2, -0.15) is 4.68 Å². The van der Waals surface area contributed by atoms with Gasteiger partial charge in [0.1, 0.15) is 6.04 Å². The average molecular weight is 261 g/mol. The molecule has 1 atom stereocenters. The molecule has 1 saturated heterocycles. The molecule has 2 aromatic rings. The lowest BCUT2D eigenvalue weighted by Crippen LogP contribution is -2.44. The standard InChI is InChI=1S/C11H11N5O3/c12-6-1-3-8-14-16(11(19)15(8)5-6)7-2-4-9(17)13-10(7)18/h1,3,5,7H,2,4,12H2,(H,13,17,18). The van der Waals surface area contributed by atoms with Gasteiger partial charge in [0.2, 0.25) is 5.91 Å². The molecule has 0 bridgehead atoms. The first-order valence-corrected chi connectivity index (χ1v) is 5.76. The summed E-state index contributed by atoms with van der Waals surface area (Å²) >= 11 is 0. The summed E-state index contributed by atoms with van der Waals surface area (Å²) in [5, 5.41) is 6.29. The number of rotatable bonds is 1. The Morgan fingerprint density at radius 1 is 1.32 bits per heavy atom. The molecule has 8 heteroatoms. The Labute approximate surface area is 106 Å². The molecule has 98 valence electrons. The van der Waals surface area contributed by atoms with Crippen molar-refractivity contribution in [1.29, 1.82) is 0 Å². The Hall–Kier alpha value is -2.64. The Morgan fingerprint density at radius 2 is 2.11 bits per heavy atom. The van der Waals surface area contributed by atoms with E-state index >= 15 is 0 Å². The zero-order chi connectivity index (χ0) is 13.6. The van der Waals surface area contributed by atoms with E-state index in [1.165, 1.54) is 10.6 Å². The number of nitrogens with one attached hydrogen (secondary N) is 1. The number of aromatic nitrogens is 3. The summed E-state index contributed by atoms with van der Waals surface area (Å²) in [5.41, 5.74) is 5.99. The van der Waals surface area contributed by atoms with E-state index in [2.05, 4.69) is 10.4 Å². The fourth-order valence-electron chi connectivity index (χ4n) is 2.13. The summed E-state index contributed by atoms with van der Waals surface area (Å²) in [7, 11) is 0. The molecule has 2 amide bonds. The van der Waals surface area contributed by atoms with E-state index in [0.29, 0.717) is 11.3 Å². The summed E-state index contributed by atoms with van der Waals surface area (Å²) < 4.78 is 2.37. The van der Waals surface area contributed by atoms with Gasteiger partial charge in [-0.3, -0.25) is 14.9 Å². The molecule has 8 nitrogen and oxygen atoms in total. The highest BCUT2D eigenvalue weighted by Gasteiger charge is 2.30. The monoisotopic (exact) mass is 261 g/mol. The van der Waals surface area contributed by atoms with E-state index in [1.54, 1.807) is 12.1 Å². The van der Waals surface area contributed by atoms with Crippen molar-refractivity contribution in [3.8, 4) is 0 Å². The van der Waals surface area contributed by atoms with Crippen LogP contribution in [0.2, 0.25) is 0 Å². The zero-order valence-corrected chi connectivity index (χ0v) is 9.87. The molecule has 1 unspecified atom stereocenters. The highest BCUT2D eigenvalue weighted by molar-refractivity contribution is 5.99. The molecule has 0 aliphatic carbocycles. The SMILES string of the molecule is Nc1ccc2nn(C3CCC(=O)NC3=O)c(=O)n2c1. The van der Waals surface area contributed by atoms with E-state index in [4.69, 9.17) is 5.73 Å². The third-order valence-corrected chi connectivity index (χ3v) is 3.07. The smallest absolute Gasteiger partial charge is 0.351 e. The Kier molecular flexibility index (Phi) is 2.37. The highest BCUT2D eigenvalue weighted by Crippen LogP contribution is 2.16. The van der Waals surface area contributed by atoms with Crippen LogP contribution in [0.5, 0.6) is 0 Å². The highest BCUT2D eigenvalue weighted by atomic mass is 16.2. The second-order valence-corrected chi connectivity index (χ2v) is 4.38. The summed E-state index contributed by atoms with van der Waals surface area (Å²) in [6, 6.07) is 2.46. The third kappa shape index (κ3) is 1.77. The lowest BCUT2D eigenvalue weighted by Gasteiger charge is -2.19. The first-order chi connectivity index (χ1) is 9.06. The number of nitrogens with two attached hydrogens (primary N) is 1. The summed E-state index contributed by atoms with van der Waals surface area (Å²) in [6.07, 6.45) is 1.91. The molecule has 1 aliphatic rings. The molecule has 3 rings (SSSR count). The van der Waals surface area contributed by atoms with Crippen molar-refractivity contribution >= 4 is 23.1 Å². The van der Waals surface area contributed by atoms with E-state index in [0.717, 1.165) is 4.68 Å². The van der Waals surface area contributed by atoms with Crippen LogP contribution in [-0.4, -0.2) is 26.0 Å². The van der Waals surface area contributed by atoms with Gasteiger partial charge in [-0.25, -0.2) is 9.20 Å². The second kappa shape index (κ2) is 3.94. The van der Waals surface area contributed by atoms with Crippen LogP contribution in [0.1, 0.15) is 18.9 Å². The number of nitrogens with zero attached hydrogens (tertiary/aromatic N) is 3. The van der Waals surface area contributed by atoms with Crippen LogP contribution < -0.4 is 16.7 Å². The van der Waals surface area contributed by atoms with Crippen molar-refractivity contribution in [3.63, 3.8) is 0 Å². The predicted molar refractivity (Wildman–Crippen MR) is 65.3 cm³/mol. The molecule has 2 aromatic heterocycles. The zero-order valence-electron chi connectivity index (χ0n) is 9.87. The minimum atomic E-state index is -0.758. The van der Waals surface area contributed by atoms with Crippen molar-refractivity contribution in [2.75, 3.05) is 5.73 Å². The number of pyridine rings is 1. The number of carbonyl (C=O) groups is 2. The van der Waals surface area contributed by atoms with Crippen molar-refractivity contribution < 1.29 is 9.59 Å².